The predicted octanol–water partition coefficient (Wildman–Crippen LogP) is 2.51. The molecule has 0 amide bonds. The van der Waals surface area contributed by atoms with E-state index in [1.54, 1.807) is 13.3 Å². The van der Waals surface area contributed by atoms with Crippen LogP contribution in [0.5, 0.6) is 5.88 Å². The molecule has 0 aliphatic rings. The van der Waals surface area contributed by atoms with E-state index in [4.69, 9.17) is 10.5 Å². The van der Waals surface area contributed by atoms with Gasteiger partial charge in [-0.2, -0.15) is 0 Å². The molecule has 2 aromatic rings. The summed E-state index contributed by atoms with van der Waals surface area (Å²) >= 11 is 0. The highest BCUT2D eigenvalue weighted by Gasteiger charge is 2.10. The van der Waals surface area contributed by atoms with Gasteiger partial charge >= 0.3 is 0 Å². The number of nitrogens with two attached hydrogens (primary N) is 1. The number of benzene rings is 1. The summed E-state index contributed by atoms with van der Waals surface area (Å²) in [4.78, 5) is 4.21. The Balaban J connectivity index is 2.15. The lowest BCUT2D eigenvalue weighted by molar-refractivity contribution is 0.397. The third-order valence-electron chi connectivity index (χ3n) is 2.97. The second-order valence-corrected chi connectivity index (χ2v) is 4.44. The summed E-state index contributed by atoms with van der Waals surface area (Å²) in [6, 6.07) is 12.1. The van der Waals surface area contributed by atoms with Gasteiger partial charge in [0.1, 0.15) is 0 Å². The van der Waals surface area contributed by atoms with Crippen LogP contribution >= 0.6 is 0 Å². The van der Waals surface area contributed by atoms with Crippen molar-refractivity contribution in [3.63, 3.8) is 0 Å². The number of anilines is 1. The van der Waals surface area contributed by atoms with E-state index in [2.05, 4.69) is 29.4 Å². The lowest BCUT2D eigenvalue weighted by Gasteiger charge is -2.18. The third-order valence-corrected chi connectivity index (χ3v) is 2.97. The van der Waals surface area contributed by atoms with Crippen LogP contribution in [0.1, 0.15) is 17.2 Å². The Labute approximate surface area is 113 Å². The molecule has 1 aromatic heterocycles. The minimum absolute atomic E-state index is 0.0419. The first kappa shape index (κ1) is 13.4. The molecule has 1 heterocycles. The van der Waals surface area contributed by atoms with Crippen molar-refractivity contribution in [3.8, 4) is 5.88 Å². The summed E-state index contributed by atoms with van der Waals surface area (Å²) in [5.74, 6) is 0.607. The molecule has 0 saturated heterocycles. The molecule has 1 aromatic carbocycles. The monoisotopic (exact) mass is 257 g/mol. The fourth-order valence-corrected chi connectivity index (χ4v) is 1.93. The molecular formula is C15H19N3O. The first-order valence-corrected chi connectivity index (χ1v) is 6.26. The molecule has 0 fully saturated rings. The summed E-state index contributed by atoms with van der Waals surface area (Å²) < 4.78 is 5.05. The van der Waals surface area contributed by atoms with Gasteiger partial charge in [0, 0.05) is 24.5 Å². The molecule has 100 valence electrons. The Morgan fingerprint density at radius 1 is 1.32 bits per heavy atom. The van der Waals surface area contributed by atoms with Crippen LogP contribution in [0.4, 0.5) is 5.69 Å². The standard InChI is InChI=1S/C15H19N3O/c1-11-4-3-5-13(8-11)18-14(9-16)12-6-7-15(19-2)17-10-12/h3-8,10,14,18H,9,16H2,1-2H3. The van der Waals surface area contributed by atoms with Crippen molar-refractivity contribution in [2.75, 3.05) is 19.0 Å². The lowest BCUT2D eigenvalue weighted by atomic mass is 10.1. The fraction of sp³-hybridized carbons (Fsp3) is 0.267. The Morgan fingerprint density at radius 2 is 2.16 bits per heavy atom. The number of methoxy groups -OCH3 is 1. The maximum Gasteiger partial charge on any atom is 0.212 e. The maximum absolute atomic E-state index is 5.84. The van der Waals surface area contributed by atoms with Gasteiger partial charge in [0.2, 0.25) is 5.88 Å². The van der Waals surface area contributed by atoms with E-state index in [-0.39, 0.29) is 6.04 Å². The third kappa shape index (κ3) is 3.45. The van der Waals surface area contributed by atoms with E-state index < -0.39 is 0 Å². The lowest BCUT2D eigenvalue weighted by Crippen LogP contribution is -2.20. The van der Waals surface area contributed by atoms with Gasteiger partial charge in [0.15, 0.2) is 0 Å². The van der Waals surface area contributed by atoms with Gasteiger partial charge in [-0.1, -0.05) is 18.2 Å². The molecule has 0 saturated carbocycles. The van der Waals surface area contributed by atoms with E-state index in [1.165, 1.54) is 5.56 Å². The van der Waals surface area contributed by atoms with Gasteiger partial charge in [-0.15, -0.1) is 0 Å². The van der Waals surface area contributed by atoms with Gasteiger partial charge < -0.3 is 15.8 Å². The van der Waals surface area contributed by atoms with E-state index in [1.807, 2.05) is 24.3 Å². The van der Waals surface area contributed by atoms with Gasteiger partial charge in [-0.3, -0.25) is 0 Å². The molecule has 0 bridgehead atoms. The molecule has 4 nitrogen and oxygen atoms in total. The zero-order valence-corrected chi connectivity index (χ0v) is 11.3. The zero-order chi connectivity index (χ0) is 13.7. The summed E-state index contributed by atoms with van der Waals surface area (Å²) in [5.41, 5.74) is 9.16. The van der Waals surface area contributed by atoms with E-state index >= 15 is 0 Å². The molecule has 0 aliphatic carbocycles. The second kappa shape index (κ2) is 6.20. The fourth-order valence-electron chi connectivity index (χ4n) is 1.93. The van der Waals surface area contributed by atoms with Gasteiger partial charge in [0.05, 0.1) is 13.2 Å². The summed E-state index contributed by atoms with van der Waals surface area (Å²) in [6.07, 6.45) is 1.79. The van der Waals surface area contributed by atoms with Gasteiger partial charge in [0.25, 0.3) is 0 Å². The highest BCUT2D eigenvalue weighted by atomic mass is 16.5. The van der Waals surface area contributed by atoms with E-state index in [0.717, 1.165) is 11.3 Å². The van der Waals surface area contributed by atoms with Crippen molar-refractivity contribution in [3.05, 3.63) is 53.7 Å². The van der Waals surface area contributed by atoms with Crippen LogP contribution in [0.3, 0.4) is 0 Å². The van der Waals surface area contributed by atoms with Crippen LogP contribution in [-0.2, 0) is 0 Å². The maximum atomic E-state index is 5.84. The number of nitrogens with zero attached hydrogens (tertiary/aromatic N) is 1. The van der Waals surface area contributed by atoms with Crippen molar-refractivity contribution in [1.29, 1.82) is 0 Å². The SMILES string of the molecule is COc1ccc(C(CN)Nc2cccc(C)c2)cn1. The molecule has 0 radical (unpaired) electrons. The van der Waals surface area contributed by atoms with Crippen LogP contribution in [0.2, 0.25) is 0 Å². The van der Waals surface area contributed by atoms with Gasteiger partial charge in [-0.25, -0.2) is 4.98 Å². The van der Waals surface area contributed by atoms with E-state index in [0.29, 0.717) is 12.4 Å². The summed E-state index contributed by atoms with van der Waals surface area (Å²) in [5, 5.41) is 3.42. The molecular weight excluding hydrogens is 238 g/mol. The Bertz CT molecular complexity index is 525. The molecule has 3 N–H and O–H groups in total. The minimum atomic E-state index is 0.0419. The van der Waals surface area contributed by atoms with Crippen LogP contribution in [-0.4, -0.2) is 18.6 Å². The highest BCUT2D eigenvalue weighted by molar-refractivity contribution is 5.47. The molecule has 0 aliphatic heterocycles. The van der Waals surface area contributed by atoms with E-state index in [9.17, 15) is 0 Å². The number of hydrogen-bond donors (Lipinski definition) is 2. The molecule has 19 heavy (non-hydrogen) atoms. The Kier molecular flexibility index (Phi) is 4.36. The smallest absolute Gasteiger partial charge is 0.212 e. The molecule has 4 heteroatoms. The molecule has 0 spiro atoms. The number of pyridine rings is 1. The average Bonchev–Trinajstić information content (AvgIpc) is 2.45. The number of hydrogen-bond acceptors (Lipinski definition) is 4. The van der Waals surface area contributed by atoms with Crippen LogP contribution in [0, 0.1) is 6.92 Å². The van der Waals surface area contributed by atoms with Crippen molar-refractivity contribution in [2.24, 2.45) is 5.73 Å². The Morgan fingerprint density at radius 3 is 2.74 bits per heavy atom. The number of rotatable bonds is 5. The minimum Gasteiger partial charge on any atom is -0.481 e. The number of nitrogens with one attached hydrogen (secondary N) is 1. The van der Waals surface area contributed by atoms with Crippen LogP contribution < -0.4 is 15.8 Å². The number of aryl methyl sites for hydroxylation is 1. The first-order valence-electron chi connectivity index (χ1n) is 6.26. The quantitative estimate of drug-likeness (QED) is 0.864. The highest BCUT2D eigenvalue weighted by Crippen LogP contribution is 2.20. The molecule has 2 rings (SSSR count). The van der Waals surface area contributed by atoms with Crippen molar-refractivity contribution >= 4 is 5.69 Å². The first-order chi connectivity index (χ1) is 9.22. The summed E-state index contributed by atoms with van der Waals surface area (Å²) in [6.45, 7) is 2.57. The molecule has 1 atom stereocenters. The van der Waals surface area contributed by atoms with Crippen molar-refractivity contribution in [1.82, 2.24) is 4.98 Å². The van der Waals surface area contributed by atoms with Gasteiger partial charge in [-0.05, 0) is 30.2 Å². The average molecular weight is 257 g/mol. The summed E-state index contributed by atoms with van der Waals surface area (Å²) in [7, 11) is 1.60. The topological polar surface area (TPSA) is 60.2 Å². The van der Waals surface area contributed by atoms with Crippen LogP contribution in [0.15, 0.2) is 42.6 Å². The largest absolute Gasteiger partial charge is 0.481 e. The van der Waals surface area contributed by atoms with Crippen molar-refractivity contribution < 1.29 is 4.74 Å². The predicted molar refractivity (Wildman–Crippen MR) is 77.4 cm³/mol. The van der Waals surface area contributed by atoms with Crippen molar-refractivity contribution in [2.45, 2.75) is 13.0 Å². The zero-order valence-electron chi connectivity index (χ0n) is 11.3. The number of ether oxygens (including phenoxy) is 1. The normalized spacial score (nSPS) is 11.9. The van der Waals surface area contributed by atoms with Crippen LogP contribution in [0.25, 0.3) is 0 Å². The molecule has 1 unspecified atom stereocenters. The second-order valence-electron chi connectivity index (χ2n) is 4.44. The Hall–Kier alpha value is -2.07. The number of aromatic nitrogens is 1.